The van der Waals surface area contributed by atoms with Gasteiger partial charge in [-0.3, -0.25) is 0 Å². The number of nitrogens with zero attached hydrogens (tertiary/aromatic N) is 2. The molecule has 1 amide bonds. The first-order valence-corrected chi connectivity index (χ1v) is 11.4. The number of aromatic nitrogens is 2. The first-order chi connectivity index (χ1) is 13.7. The molecule has 1 aromatic carbocycles. The molecule has 0 aliphatic heterocycles. The Labute approximate surface area is 174 Å². The highest BCUT2D eigenvalue weighted by molar-refractivity contribution is 7.92. The van der Waals surface area contributed by atoms with Gasteiger partial charge in [0.2, 0.25) is 0 Å². The highest BCUT2D eigenvalue weighted by Gasteiger charge is 2.28. The van der Waals surface area contributed by atoms with Crippen molar-refractivity contribution in [2.75, 3.05) is 0 Å². The number of carbonyl (C=O) groups is 1. The normalized spacial score (nSPS) is 11.7. The Morgan fingerprint density at radius 3 is 2.52 bits per heavy atom. The summed E-state index contributed by atoms with van der Waals surface area (Å²) in [5, 5.41) is 8.96. The van der Waals surface area contributed by atoms with Crippen LogP contribution in [-0.2, 0) is 23.0 Å². The number of carboxylic acid groups (broad SMARTS) is 1. The van der Waals surface area contributed by atoms with Gasteiger partial charge in [0.05, 0.1) is 6.33 Å². The number of sulfonamides is 1. The van der Waals surface area contributed by atoms with Crippen LogP contribution in [0.5, 0.6) is 0 Å². The minimum atomic E-state index is -4.17. The average molecular weight is 434 g/mol. The van der Waals surface area contributed by atoms with E-state index >= 15 is 0 Å². The topological polar surface area (TPSA) is 101 Å². The van der Waals surface area contributed by atoms with Gasteiger partial charge in [-0.1, -0.05) is 38.1 Å². The van der Waals surface area contributed by atoms with Crippen LogP contribution in [0.15, 0.2) is 47.2 Å². The summed E-state index contributed by atoms with van der Waals surface area (Å²) in [5.41, 5.74) is 3.23. The molecule has 3 aromatic rings. The lowest BCUT2D eigenvalue weighted by Gasteiger charge is -2.09. The summed E-state index contributed by atoms with van der Waals surface area (Å²) in [6.07, 6.45) is 4.45. The summed E-state index contributed by atoms with van der Waals surface area (Å²) in [4.78, 5) is 16.0. The Morgan fingerprint density at radius 1 is 1.28 bits per heavy atom. The third kappa shape index (κ3) is 4.86. The van der Waals surface area contributed by atoms with Crippen LogP contribution in [0.1, 0.15) is 29.9 Å². The van der Waals surface area contributed by atoms with Crippen LogP contribution in [0.4, 0.5) is 4.79 Å². The van der Waals surface area contributed by atoms with E-state index in [1.165, 1.54) is 0 Å². The van der Waals surface area contributed by atoms with Crippen LogP contribution in [0.2, 0.25) is 0 Å². The monoisotopic (exact) mass is 433 g/mol. The van der Waals surface area contributed by atoms with Gasteiger partial charge >= 0.3 is 6.09 Å². The maximum absolute atomic E-state index is 12.7. The molecule has 2 aromatic heterocycles. The quantitative estimate of drug-likeness (QED) is 0.584. The van der Waals surface area contributed by atoms with Gasteiger partial charge in [0, 0.05) is 29.4 Å². The second-order valence-electron chi connectivity index (χ2n) is 7.25. The predicted octanol–water partition coefficient (Wildman–Crippen LogP) is 4.12. The van der Waals surface area contributed by atoms with Gasteiger partial charge in [-0.2, -0.15) is 0 Å². The summed E-state index contributed by atoms with van der Waals surface area (Å²) in [6.45, 7) is 6.68. The lowest BCUT2D eigenvalue weighted by atomic mass is 9.99. The minimum absolute atomic E-state index is 0.0374. The van der Waals surface area contributed by atoms with Crippen LogP contribution in [0.3, 0.4) is 0 Å². The van der Waals surface area contributed by atoms with Crippen molar-refractivity contribution in [3.63, 3.8) is 0 Å². The molecule has 2 N–H and O–H groups in total. The van der Waals surface area contributed by atoms with Crippen molar-refractivity contribution in [1.82, 2.24) is 14.3 Å². The Kier molecular flexibility index (Phi) is 6.09. The van der Waals surface area contributed by atoms with Crippen molar-refractivity contribution in [3.8, 4) is 11.1 Å². The number of thiophene rings is 1. The fourth-order valence-electron chi connectivity index (χ4n) is 3.15. The number of hydrogen-bond acceptors (Lipinski definition) is 5. The van der Waals surface area contributed by atoms with Gasteiger partial charge < -0.3 is 9.67 Å². The molecule has 0 aliphatic rings. The van der Waals surface area contributed by atoms with E-state index in [2.05, 4.69) is 18.8 Å². The molecule has 9 heteroatoms. The average Bonchev–Trinajstić information content (AvgIpc) is 3.23. The zero-order valence-electron chi connectivity index (χ0n) is 16.4. The van der Waals surface area contributed by atoms with Crippen LogP contribution < -0.4 is 4.72 Å². The Hall–Kier alpha value is -2.65. The van der Waals surface area contributed by atoms with E-state index in [0.29, 0.717) is 18.0 Å². The molecular weight excluding hydrogens is 410 g/mol. The molecule has 0 aliphatic carbocycles. The van der Waals surface area contributed by atoms with E-state index in [9.17, 15) is 13.2 Å². The van der Waals surface area contributed by atoms with E-state index < -0.39 is 16.1 Å². The first kappa shape index (κ1) is 21.1. The number of rotatable bonds is 7. The van der Waals surface area contributed by atoms with Crippen LogP contribution in [0.25, 0.3) is 11.1 Å². The zero-order chi connectivity index (χ0) is 21.2. The molecule has 154 valence electrons. The molecule has 0 atom stereocenters. The van der Waals surface area contributed by atoms with Crippen LogP contribution in [-0.4, -0.2) is 29.2 Å². The summed E-state index contributed by atoms with van der Waals surface area (Å²) in [7, 11) is -4.17. The third-order valence-electron chi connectivity index (χ3n) is 4.44. The predicted molar refractivity (Wildman–Crippen MR) is 113 cm³/mol. The molecule has 0 bridgehead atoms. The second-order valence-corrected chi connectivity index (χ2v) is 10.2. The number of imidazole rings is 1. The Morgan fingerprint density at radius 2 is 1.97 bits per heavy atom. The largest absolute Gasteiger partial charge is 0.464 e. The Bertz CT molecular complexity index is 1100. The maximum Gasteiger partial charge on any atom is 0.418 e. The summed E-state index contributed by atoms with van der Waals surface area (Å²) >= 11 is 1.14. The van der Waals surface area contributed by atoms with Crippen molar-refractivity contribution >= 4 is 27.5 Å². The van der Waals surface area contributed by atoms with Gasteiger partial charge in [0.1, 0.15) is 4.21 Å². The number of hydrogen-bond donors (Lipinski definition) is 2. The van der Waals surface area contributed by atoms with E-state index in [4.69, 9.17) is 5.11 Å². The molecule has 29 heavy (non-hydrogen) atoms. The summed E-state index contributed by atoms with van der Waals surface area (Å²) < 4.78 is 29.0. The van der Waals surface area contributed by atoms with Crippen LogP contribution >= 0.6 is 11.3 Å². The molecule has 0 radical (unpaired) electrons. The fraction of sp³-hybridized carbons (Fsp3) is 0.300. The van der Waals surface area contributed by atoms with Gasteiger partial charge in [-0.15, -0.1) is 11.3 Å². The lowest BCUT2D eigenvalue weighted by Crippen LogP contribution is -2.28. The van der Waals surface area contributed by atoms with Gasteiger partial charge in [0.25, 0.3) is 10.0 Å². The first-order valence-electron chi connectivity index (χ1n) is 9.10. The van der Waals surface area contributed by atoms with Crippen molar-refractivity contribution in [2.24, 2.45) is 5.92 Å². The van der Waals surface area contributed by atoms with E-state index in [-0.39, 0.29) is 4.21 Å². The van der Waals surface area contributed by atoms with Gasteiger partial charge in [-0.05, 0) is 36.0 Å². The molecule has 0 spiro atoms. The smallest absolute Gasteiger partial charge is 0.418 e. The van der Waals surface area contributed by atoms with Crippen molar-refractivity contribution in [1.29, 1.82) is 0 Å². The SMILES string of the molecule is Cc1c(CC(C)C)sc(S(=O)(=O)NC(=O)O)c1-c1ccc(Cn2ccnc2)cc1. The van der Waals surface area contributed by atoms with Gasteiger partial charge in [0.15, 0.2) is 0 Å². The second kappa shape index (κ2) is 8.38. The molecule has 7 nitrogen and oxygen atoms in total. The lowest BCUT2D eigenvalue weighted by molar-refractivity contribution is 0.201. The standard InChI is InChI=1S/C20H23N3O4S2/c1-13(2)10-17-14(3)18(19(28-17)29(26,27)22-20(24)25)16-6-4-15(5-7-16)11-23-9-8-21-12-23/h4-9,12-13,22H,10-11H2,1-3H3,(H,24,25). The molecule has 0 saturated heterocycles. The summed E-state index contributed by atoms with van der Waals surface area (Å²) in [6, 6.07) is 7.63. The van der Waals surface area contributed by atoms with Crippen molar-refractivity contribution < 1.29 is 18.3 Å². The fourth-order valence-corrected chi connectivity index (χ4v) is 6.15. The highest BCUT2D eigenvalue weighted by atomic mass is 32.2. The molecule has 2 heterocycles. The molecular formula is C20H23N3O4S2. The van der Waals surface area contributed by atoms with E-state index in [1.807, 2.05) is 42.0 Å². The van der Waals surface area contributed by atoms with Crippen LogP contribution in [0, 0.1) is 12.8 Å². The van der Waals surface area contributed by atoms with E-state index in [1.54, 1.807) is 17.2 Å². The highest BCUT2D eigenvalue weighted by Crippen LogP contribution is 2.40. The number of benzene rings is 1. The minimum Gasteiger partial charge on any atom is -0.464 e. The van der Waals surface area contributed by atoms with E-state index in [0.717, 1.165) is 39.3 Å². The third-order valence-corrected chi connectivity index (χ3v) is 7.59. The molecule has 3 rings (SSSR count). The molecule has 0 unspecified atom stereocenters. The Balaban J connectivity index is 2.04. The van der Waals surface area contributed by atoms with Crippen molar-refractivity contribution in [3.05, 3.63) is 59.0 Å². The van der Waals surface area contributed by atoms with Crippen molar-refractivity contribution in [2.45, 2.75) is 37.9 Å². The number of nitrogens with one attached hydrogen (secondary N) is 1. The molecule has 0 fully saturated rings. The van der Waals surface area contributed by atoms with Gasteiger partial charge in [-0.25, -0.2) is 22.9 Å². The zero-order valence-corrected chi connectivity index (χ0v) is 18.0. The maximum atomic E-state index is 12.7. The number of amides is 1. The summed E-state index contributed by atoms with van der Waals surface area (Å²) in [5.74, 6) is 0.348. The molecule has 0 saturated carbocycles.